The standard InChI is InChI=1S/C9H8NO.C3H7.Y/c1-10-6-7-4-2-3-5-8(7)9(10)11;1-3-2;/h3-5H,6H2,1H3;3H,1-2H3;/q2*-1;+3. The summed E-state index contributed by atoms with van der Waals surface area (Å²) in [5, 5.41) is 0. The maximum Gasteiger partial charge on any atom is 3.00 e. The van der Waals surface area contributed by atoms with Crippen LogP contribution in [0.2, 0.25) is 0 Å². The van der Waals surface area contributed by atoms with Gasteiger partial charge in [0, 0.05) is 13.6 Å². The summed E-state index contributed by atoms with van der Waals surface area (Å²) in [6.07, 6.45) is 2.00. The fraction of sp³-hybridized carbons (Fsp3) is 0.333. The van der Waals surface area contributed by atoms with Crippen LogP contribution in [0, 0.1) is 12.5 Å². The van der Waals surface area contributed by atoms with Crippen LogP contribution < -0.4 is 0 Å². The van der Waals surface area contributed by atoms with Gasteiger partial charge in [-0.15, -0.1) is 5.56 Å². The molecule has 0 bridgehead atoms. The third-order valence-corrected chi connectivity index (χ3v) is 1.93. The van der Waals surface area contributed by atoms with E-state index in [2.05, 4.69) is 6.07 Å². The van der Waals surface area contributed by atoms with Crippen molar-refractivity contribution in [1.29, 1.82) is 0 Å². The molecule has 0 atom stereocenters. The van der Waals surface area contributed by atoms with Crippen LogP contribution in [0.15, 0.2) is 18.2 Å². The van der Waals surface area contributed by atoms with Gasteiger partial charge in [-0.25, -0.2) is 0 Å². The number of fused-ring (bicyclic) bond motifs is 1. The van der Waals surface area contributed by atoms with E-state index < -0.39 is 0 Å². The van der Waals surface area contributed by atoms with Crippen LogP contribution in [0.3, 0.4) is 0 Å². The summed E-state index contributed by atoms with van der Waals surface area (Å²) in [6.45, 7) is 4.73. The molecule has 0 unspecified atom stereocenters. The summed E-state index contributed by atoms with van der Waals surface area (Å²) in [7, 11) is 1.81. The summed E-state index contributed by atoms with van der Waals surface area (Å²) in [5.41, 5.74) is 1.91. The molecular formula is C12H15NOY+. The number of amides is 1. The van der Waals surface area contributed by atoms with E-state index in [0.29, 0.717) is 0 Å². The van der Waals surface area contributed by atoms with Gasteiger partial charge >= 0.3 is 32.7 Å². The Bertz CT molecular complexity index is 325. The topological polar surface area (TPSA) is 20.3 Å². The Hall–Kier alpha value is -0.206. The maximum absolute atomic E-state index is 11.3. The van der Waals surface area contributed by atoms with Gasteiger partial charge in [-0.05, 0) is 0 Å². The zero-order valence-electron chi connectivity index (χ0n) is 9.45. The van der Waals surface area contributed by atoms with E-state index in [4.69, 9.17) is 0 Å². The number of rotatable bonds is 0. The minimum atomic E-state index is 0. The number of benzene rings is 1. The first-order chi connectivity index (χ1) is 6.70. The SMILES string of the molecule is CN1Cc2c[c-]ccc2C1=O.C[CH-]C.[Y+3]. The van der Waals surface area contributed by atoms with Crippen molar-refractivity contribution in [1.82, 2.24) is 4.90 Å². The molecule has 1 aromatic carbocycles. The number of hydrogen-bond acceptors (Lipinski definition) is 1. The zero-order chi connectivity index (χ0) is 10.6. The number of carbonyl (C=O) groups is 1. The average Bonchev–Trinajstić information content (AvgIpc) is 2.45. The van der Waals surface area contributed by atoms with Crippen molar-refractivity contribution in [3.05, 3.63) is 41.8 Å². The van der Waals surface area contributed by atoms with Crippen molar-refractivity contribution in [2.45, 2.75) is 20.4 Å². The van der Waals surface area contributed by atoms with Crippen molar-refractivity contribution in [3.63, 3.8) is 0 Å². The minimum Gasteiger partial charge on any atom is -0.351 e. The van der Waals surface area contributed by atoms with Crippen molar-refractivity contribution in [2.75, 3.05) is 7.05 Å². The Balaban J connectivity index is 0.000000443. The molecule has 0 aromatic heterocycles. The van der Waals surface area contributed by atoms with Gasteiger partial charge in [0.1, 0.15) is 0 Å². The van der Waals surface area contributed by atoms with E-state index in [1.165, 1.54) is 0 Å². The number of nitrogens with zero attached hydrogens (tertiary/aromatic N) is 1. The molecule has 1 aliphatic heterocycles. The quantitative estimate of drug-likeness (QED) is 0.667. The van der Waals surface area contributed by atoms with Crippen LogP contribution in [0.25, 0.3) is 0 Å². The van der Waals surface area contributed by atoms with Crippen LogP contribution in [-0.2, 0) is 39.3 Å². The van der Waals surface area contributed by atoms with E-state index in [0.717, 1.165) is 17.7 Å². The molecule has 0 radical (unpaired) electrons. The first-order valence-corrected chi connectivity index (χ1v) is 4.69. The fourth-order valence-corrected chi connectivity index (χ4v) is 1.34. The van der Waals surface area contributed by atoms with Gasteiger partial charge in [0.25, 0.3) is 0 Å². The predicted octanol–water partition coefficient (Wildman–Crippen LogP) is 2.30. The molecular weight excluding hydrogens is 263 g/mol. The maximum atomic E-state index is 11.3. The molecule has 15 heavy (non-hydrogen) atoms. The van der Waals surface area contributed by atoms with Gasteiger partial charge in [0.2, 0.25) is 5.91 Å². The van der Waals surface area contributed by atoms with Gasteiger partial charge in [-0.1, -0.05) is 5.56 Å². The van der Waals surface area contributed by atoms with E-state index in [1.807, 2.05) is 39.4 Å². The van der Waals surface area contributed by atoms with Gasteiger partial charge in [-0.2, -0.15) is 38.1 Å². The largest absolute Gasteiger partial charge is 3.00 e. The van der Waals surface area contributed by atoms with Crippen LogP contribution in [0.1, 0.15) is 29.8 Å². The van der Waals surface area contributed by atoms with Gasteiger partial charge < -0.3 is 11.3 Å². The van der Waals surface area contributed by atoms with E-state index in [1.54, 1.807) is 11.0 Å². The van der Waals surface area contributed by atoms with Gasteiger partial charge in [-0.3, -0.25) is 4.79 Å². The van der Waals surface area contributed by atoms with Crippen molar-refractivity contribution < 1.29 is 37.5 Å². The first kappa shape index (κ1) is 14.8. The second-order valence-electron chi connectivity index (χ2n) is 3.32. The molecule has 1 aliphatic rings. The average molecular weight is 278 g/mol. The molecule has 1 aromatic rings. The number of carbonyl (C=O) groups excluding carboxylic acids is 1. The molecule has 1 heterocycles. The zero-order valence-corrected chi connectivity index (χ0v) is 12.3. The van der Waals surface area contributed by atoms with Crippen LogP contribution >= 0.6 is 0 Å². The molecule has 76 valence electrons. The normalized spacial score (nSPS) is 12.5. The third-order valence-electron chi connectivity index (χ3n) is 1.93. The second-order valence-corrected chi connectivity index (χ2v) is 3.32. The Kier molecular flexibility index (Phi) is 7.03. The predicted molar refractivity (Wildman–Crippen MR) is 56.7 cm³/mol. The third kappa shape index (κ3) is 3.69. The molecule has 0 N–H and O–H groups in total. The van der Waals surface area contributed by atoms with Crippen LogP contribution in [-0.4, -0.2) is 17.9 Å². The molecule has 0 saturated heterocycles. The van der Waals surface area contributed by atoms with Crippen LogP contribution in [0.5, 0.6) is 0 Å². The summed E-state index contributed by atoms with van der Waals surface area (Å²) < 4.78 is 0. The monoisotopic (exact) mass is 278 g/mol. The van der Waals surface area contributed by atoms with Crippen molar-refractivity contribution in [3.8, 4) is 0 Å². The Morgan fingerprint density at radius 3 is 2.60 bits per heavy atom. The molecule has 0 aliphatic carbocycles. The fourth-order valence-electron chi connectivity index (χ4n) is 1.34. The summed E-state index contributed by atoms with van der Waals surface area (Å²) in [4.78, 5) is 13.0. The Morgan fingerprint density at radius 1 is 1.47 bits per heavy atom. The van der Waals surface area contributed by atoms with E-state index in [9.17, 15) is 4.79 Å². The van der Waals surface area contributed by atoms with Gasteiger partial charge in [0.15, 0.2) is 0 Å². The summed E-state index contributed by atoms with van der Waals surface area (Å²) >= 11 is 0. The van der Waals surface area contributed by atoms with Crippen LogP contribution in [0.4, 0.5) is 0 Å². The summed E-state index contributed by atoms with van der Waals surface area (Å²) in [5.74, 6) is 0.119. The number of hydrogen-bond donors (Lipinski definition) is 0. The van der Waals surface area contributed by atoms with Crippen molar-refractivity contribution in [2.24, 2.45) is 0 Å². The molecule has 2 rings (SSSR count). The van der Waals surface area contributed by atoms with Crippen molar-refractivity contribution >= 4 is 5.91 Å². The molecule has 0 spiro atoms. The molecule has 3 heteroatoms. The summed E-state index contributed by atoms with van der Waals surface area (Å²) in [6, 6.07) is 8.42. The van der Waals surface area contributed by atoms with E-state index >= 15 is 0 Å². The minimum absolute atomic E-state index is 0. The molecule has 0 saturated carbocycles. The molecule has 0 fully saturated rings. The smallest absolute Gasteiger partial charge is 0.351 e. The molecule has 2 nitrogen and oxygen atoms in total. The molecule has 1 amide bonds. The Morgan fingerprint density at radius 2 is 2.07 bits per heavy atom. The second kappa shape index (κ2) is 7.13. The Labute approximate surface area is 117 Å². The van der Waals surface area contributed by atoms with E-state index in [-0.39, 0.29) is 38.6 Å². The first-order valence-electron chi connectivity index (χ1n) is 4.69. The van der Waals surface area contributed by atoms with Gasteiger partial charge in [0.05, 0.1) is 0 Å².